The molecule has 4 aromatic rings. The zero-order valence-electron chi connectivity index (χ0n) is 26.2. The molecule has 0 saturated heterocycles. The molecule has 0 radical (unpaired) electrons. The van der Waals surface area contributed by atoms with E-state index in [9.17, 15) is 4.79 Å². The third-order valence-electron chi connectivity index (χ3n) is 9.16. The van der Waals surface area contributed by atoms with E-state index >= 15 is 0 Å². The molecule has 212 valence electrons. The molecule has 0 spiro atoms. The Morgan fingerprint density at radius 3 is 1.98 bits per heavy atom. The molecule has 0 saturated carbocycles. The molecule has 0 amide bonds. The fraction of sp³-hybridized carbons (Fsp3) is 0.282. The van der Waals surface area contributed by atoms with Crippen molar-refractivity contribution in [3.63, 3.8) is 0 Å². The Morgan fingerprint density at radius 2 is 1.33 bits per heavy atom. The van der Waals surface area contributed by atoms with Crippen LogP contribution in [0.4, 0.5) is 17.1 Å². The summed E-state index contributed by atoms with van der Waals surface area (Å²) in [5.74, 6) is 0.0839. The van der Waals surface area contributed by atoms with Crippen molar-refractivity contribution in [2.45, 2.75) is 67.3 Å². The molecule has 6 rings (SSSR count). The van der Waals surface area contributed by atoms with Gasteiger partial charge in [-0.1, -0.05) is 41.5 Å². The molecule has 2 aliphatic heterocycles. The summed E-state index contributed by atoms with van der Waals surface area (Å²) >= 11 is 0. The lowest BCUT2D eigenvalue weighted by Crippen LogP contribution is -2.33. The van der Waals surface area contributed by atoms with Gasteiger partial charge in [0, 0.05) is 36.0 Å². The van der Waals surface area contributed by atoms with Gasteiger partial charge in [-0.2, -0.15) is 0 Å². The van der Waals surface area contributed by atoms with Gasteiger partial charge in [0.1, 0.15) is 5.56 Å². The number of carbonyl (C=O) groups excluding carboxylic acids is 1. The van der Waals surface area contributed by atoms with Crippen LogP contribution in [0.15, 0.2) is 60.7 Å². The number of rotatable bonds is 4. The van der Waals surface area contributed by atoms with Crippen molar-refractivity contribution in [1.29, 1.82) is 0 Å². The van der Waals surface area contributed by atoms with E-state index in [1.54, 1.807) is 0 Å². The van der Waals surface area contributed by atoms with E-state index in [4.69, 9.17) is 0 Å². The van der Waals surface area contributed by atoms with Gasteiger partial charge in [0.05, 0.1) is 5.56 Å². The number of Topliss-reactive ketones (excluding diaryl/α,β-unsaturated/α-hetero) is 1. The van der Waals surface area contributed by atoms with Crippen LogP contribution in [0.3, 0.4) is 0 Å². The molecule has 3 heteroatoms. The summed E-state index contributed by atoms with van der Waals surface area (Å²) in [6, 6.07) is 22.5. The molecule has 4 aromatic carbocycles. The highest BCUT2D eigenvalue weighted by molar-refractivity contribution is 6.56. The summed E-state index contributed by atoms with van der Waals surface area (Å²) in [6.07, 6.45) is 6.60. The number of aryl methyl sites for hydroxylation is 7. The van der Waals surface area contributed by atoms with Crippen LogP contribution in [-0.4, -0.2) is 24.6 Å². The Balaban J connectivity index is 1.45. The van der Waals surface area contributed by atoms with Crippen molar-refractivity contribution in [3.8, 4) is 0 Å². The van der Waals surface area contributed by atoms with Crippen LogP contribution in [-0.2, 0) is 6.42 Å². The van der Waals surface area contributed by atoms with Gasteiger partial charge in [0.15, 0.2) is 0 Å². The van der Waals surface area contributed by atoms with Crippen molar-refractivity contribution in [1.82, 2.24) is 4.58 Å². The second-order valence-corrected chi connectivity index (χ2v) is 12.5. The smallest absolute Gasteiger partial charge is 0.268 e. The van der Waals surface area contributed by atoms with E-state index in [1.807, 2.05) is 0 Å². The van der Waals surface area contributed by atoms with Crippen molar-refractivity contribution >= 4 is 40.7 Å². The standard InChI is InChI=1S/C39H41N2O/c1-23-17-25(3)36(26(4)18-23)38-39(42)33-22-31(11-10-30-12-15-34-32(21-30)14-9-29(7)40(34)8)13-16-35(33)41(38)37-27(5)19-24(2)20-28(37)6/h10-13,15-22,29H,9,14H2,1-8H3/q+1/b11-10+. The van der Waals surface area contributed by atoms with Gasteiger partial charge < -0.3 is 4.90 Å². The van der Waals surface area contributed by atoms with E-state index in [-0.39, 0.29) is 5.78 Å². The maximum atomic E-state index is 14.4. The Kier molecular flexibility index (Phi) is 7.01. The first-order valence-electron chi connectivity index (χ1n) is 15.1. The van der Waals surface area contributed by atoms with Crippen molar-refractivity contribution in [3.05, 3.63) is 122 Å². The van der Waals surface area contributed by atoms with Crippen LogP contribution in [0.25, 0.3) is 12.2 Å². The number of nitrogens with zero attached hydrogens (tertiary/aromatic N) is 2. The van der Waals surface area contributed by atoms with Gasteiger partial charge in [0.2, 0.25) is 11.4 Å². The number of hydrogen-bond donors (Lipinski definition) is 0. The molecule has 1 unspecified atom stereocenters. The molecule has 1 atom stereocenters. The number of ketones is 1. The van der Waals surface area contributed by atoms with Crippen LogP contribution < -0.4 is 9.48 Å². The van der Waals surface area contributed by atoms with Crippen LogP contribution in [0.5, 0.6) is 0 Å². The van der Waals surface area contributed by atoms with Crippen LogP contribution >= 0.6 is 0 Å². The monoisotopic (exact) mass is 553 g/mol. The first-order valence-corrected chi connectivity index (χ1v) is 15.1. The number of benzene rings is 4. The molecule has 2 heterocycles. The van der Waals surface area contributed by atoms with Crippen LogP contribution in [0.2, 0.25) is 0 Å². The van der Waals surface area contributed by atoms with E-state index in [1.165, 1.54) is 45.5 Å². The van der Waals surface area contributed by atoms with Gasteiger partial charge in [-0.3, -0.25) is 4.79 Å². The summed E-state index contributed by atoms with van der Waals surface area (Å²) in [7, 11) is 2.19. The summed E-state index contributed by atoms with van der Waals surface area (Å²) in [6.45, 7) is 15.1. The van der Waals surface area contributed by atoms with Gasteiger partial charge in [-0.05, 0) is 126 Å². The van der Waals surface area contributed by atoms with Gasteiger partial charge >= 0.3 is 0 Å². The summed E-state index contributed by atoms with van der Waals surface area (Å²) in [4.78, 5) is 16.8. The summed E-state index contributed by atoms with van der Waals surface area (Å²) < 4.78 is 2.22. The maximum absolute atomic E-state index is 14.4. The highest BCUT2D eigenvalue weighted by Gasteiger charge is 2.43. The Morgan fingerprint density at radius 1 is 0.762 bits per heavy atom. The van der Waals surface area contributed by atoms with E-state index in [0.717, 1.165) is 51.3 Å². The second-order valence-electron chi connectivity index (χ2n) is 12.5. The number of carbonyl (C=O) groups is 1. The van der Waals surface area contributed by atoms with Crippen molar-refractivity contribution in [2.75, 3.05) is 11.9 Å². The predicted octanol–water partition coefficient (Wildman–Crippen LogP) is 9.00. The summed E-state index contributed by atoms with van der Waals surface area (Å²) in [5, 5.41) is 0. The average Bonchev–Trinajstić information content (AvgIpc) is 3.19. The maximum Gasteiger partial charge on any atom is 0.268 e. The van der Waals surface area contributed by atoms with E-state index in [0.29, 0.717) is 6.04 Å². The van der Waals surface area contributed by atoms with E-state index < -0.39 is 0 Å². The van der Waals surface area contributed by atoms with Gasteiger partial charge in [0.25, 0.3) is 11.5 Å². The Labute approximate surface area is 250 Å². The molecular weight excluding hydrogens is 512 g/mol. The second kappa shape index (κ2) is 10.5. The number of anilines is 1. The molecule has 0 aliphatic carbocycles. The molecule has 2 aliphatic rings. The Hall–Kier alpha value is -4.24. The molecule has 0 aromatic heterocycles. The third kappa shape index (κ3) is 4.71. The summed E-state index contributed by atoms with van der Waals surface area (Å²) in [5.41, 5.74) is 16.6. The average molecular weight is 554 g/mol. The topological polar surface area (TPSA) is 23.3 Å². The molecule has 0 fully saturated rings. The lowest BCUT2D eigenvalue weighted by Gasteiger charge is -2.34. The number of fused-ring (bicyclic) bond motifs is 2. The highest BCUT2D eigenvalue weighted by Crippen LogP contribution is 2.38. The largest absolute Gasteiger partial charge is 0.372 e. The van der Waals surface area contributed by atoms with Crippen molar-refractivity contribution < 1.29 is 4.79 Å². The zero-order chi connectivity index (χ0) is 29.9. The minimum absolute atomic E-state index is 0.0839. The van der Waals surface area contributed by atoms with Gasteiger partial charge in [-0.25, -0.2) is 0 Å². The third-order valence-corrected chi connectivity index (χ3v) is 9.16. The predicted molar refractivity (Wildman–Crippen MR) is 179 cm³/mol. The van der Waals surface area contributed by atoms with Crippen LogP contribution in [0.1, 0.15) is 79.3 Å². The minimum atomic E-state index is 0.0839. The molecule has 0 N–H and O–H groups in total. The first kappa shape index (κ1) is 27.9. The van der Waals surface area contributed by atoms with Gasteiger partial charge in [-0.15, -0.1) is 4.58 Å². The van der Waals surface area contributed by atoms with Crippen molar-refractivity contribution in [2.24, 2.45) is 0 Å². The van der Waals surface area contributed by atoms with Crippen LogP contribution in [0, 0.1) is 41.5 Å². The molecular formula is C39H41N2O+. The molecule has 3 nitrogen and oxygen atoms in total. The minimum Gasteiger partial charge on any atom is -0.372 e. The molecule has 0 bridgehead atoms. The lowest BCUT2D eigenvalue weighted by atomic mass is 9.92. The SMILES string of the molecule is Cc1cc(C)c(C2=[N+](c3c(C)cc(C)cc3C)c3ccc(/C=C/c4ccc5c(c4)CCC(C)N5C)cc3C2=O)c(C)c1. The van der Waals surface area contributed by atoms with E-state index in [2.05, 4.69) is 138 Å². The zero-order valence-corrected chi connectivity index (χ0v) is 26.2. The molecule has 42 heavy (non-hydrogen) atoms. The quantitative estimate of drug-likeness (QED) is 0.186. The Bertz CT molecular complexity index is 1790. The fourth-order valence-electron chi connectivity index (χ4n) is 7.16. The normalized spacial score (nSPS) is 16.4. The fourth-order valence-corrected chi connectivity index (χ4v) is 7.16. The number of hydrogen-bond acceptors (Lipinski definition) is 2. The highest BCUT2D eigenvalue weighted by atomic mass is 16.1. The lowest BCUT2D eigenvalue weighted by molar-refractivity contribution is 0.106. The first-order chi connectivity index (χ1) is 20.0.